The topological polar surface area (TPSA) is 20.3 Å². The normalized spacial score (nSPS) is 35.9. The van der Waals surface area contributed by atoms with Crippen LogP contribution in [0.15, 0.2) is 0 Å². The molecule has 0 bridgehead atoms. The number of carbonyl (C=O) groups is 1. The van der Waals surface area contributed by atoms with Crippen LogP contribution in [0.1, 0.15) is 45.4 Å². The van der Waals surface area contributed by atoms with Gasteiger partial charge in [-0.1, -0.05) is 19.8 Å². The van der Waals surface area contributed by atoms with Gasteiger partial charge in [0.15, 0.2) is 0 Å². The molecule has 2 fully saturated rings. The van der Waals surface area contributed by atoms with Crippen LogP contribution in [0.2, 0.25) is 0 Å². The summed E-state index contributed by atoms with van der Waals surface area (Å²) in [5, 5.41) is 0. The lowest BCUT2D eigenvalue weighted by molar-refractivity contribution is -0.117. The van der Waals surface area contributed by atoms with Crippen LogP contribution in [-0.4, -0.2) is 29.8 Å². The van der Waals surface area contributed by atoms with E-state index in [0.717, 1.165) is 25.4 Å². The van der Waals surface area contributed by atoms with Gasteiger partial charge in [-0.25, -0.2) is 0 Å². The highest BCUT2D eigenvalue weighted by Gasteiger charge is 2.27. The monoisotopic (exact) mass is 195 g/mol. The average Bonchev–Trinajstić information content (AvgIpc) is 2.46. The van der Waals surface area contributed by atoms with Gasteiger partial charge in [-0.2, -0.15) is 0 Å². The summed E-state index contributed by atoms with van der Waals surface area (Å²) in [6.45, 7) is 4.12. The molecule has 1 saturated carbocycles. The summed E-state index contributed by atoms with van der Waals surface area (Å²) in [5.41, 5.74) is 0. The Labute approximate surface area is 86.7 Å². The minimum absolute atomic E-state index is 0.447. The van der Waals surface area contributed by atoms with E-state index in [4.69, 9.17) is 0 Å². The second-order valence-electron chi connectivity index (χ2n) is 5.03. The van der Waals surface area contributed by atoms with Crippen LogP contribution < -0.4 is 0 Å². The smallest absolute Gasteiger partial charge is 0.148 e. The minimum Gasteiger partial charge on any atom is -0.298 e. The van der Waals surface area contributed by atoms with Crippen molar-refractivity contribution in [2.24, 2.45) is 5.92 Å². The van der Waals surface area contributed by atoms with E-state index in [-0.39, 0.29) is 0 Å². The highest BCUT2D eigenvalue weighted by atomic mass is 16.1. The third-order valence-electron chi connectivity index (χ3n) is 3.80. The Hall–Kier alpha value is -0.370. The number of rotatable bonds is 1. The minimum atomic E-state index is 0.447. The molecule has 0 N–H and O–H groups in total. The second kappa shape index (κ2) is 4.43. The van der Waals surface area contributed by atoms with Crippen molar-refractivity contribution in [2.75, 3.05) is 13.1 Å². The highest BCUT2D eigenvalue weighted by Crippen LogP contribution is 2.27. The summed E-state index contributed by atoms with van der Waals surface area (Å²) in [5.74, 6) is 1.35. The van der Waals surface area contributed by atoms with Crippen LogP contribution in [0.3, 0.4) is 0 Å². The molecule has 2 atom stereocenters. The van der Waals surface area contributed by atoms with Gasteiger partial charge in [0, 0.05) is 19.0 Å². The van der Waals surface area contributed by atoms with Gasteiger partial charge in [0.05, 0.1) is 6.54 Å². The van der Waals surface area contributed by atoms with Gasteiger partial charge < -0.3 is 0 Å². The number of Topliss-reactive ketones (excluding diaryl/α,β-unsaturated/α-hetero) is 1. The van der Waals surface area contributed by atoms with Gasteiger partial charge in [-0.3, -0.25) is 9.69 Å². The Morgan fingerprint density at radius 2 is 2.07 bits per heavy atom. The van der Waals surface area contributed by atoms with Gasteiger partial charge in [-0.15, -0.1) is 0 Å². The van der Waals surface area contributed by atoms with E-state index in [1.807, 2.05) is 0 Å². The van der Waals surface area contributed by atoms with Crippen molar-refractivity contribution >= 4 is 5.78 Å². The summed E-state index contributed by atoms with van der Waals surface area (Å²) in [6, 6.07) is 0.714. The van der Waals surface area contributed by atoms with Crippen LogP contribution >= 0.6 is 0 Å². The number of hydrogen-bond acceptors (Lipinski definition) is 2. The predicted octanol–water partition coefficient (Wildman–Crippen LogP) is 2.23. The molecule has 2 nitrogen and oxygen atoms in total. The molecule has 1 saturated heterocycles. The Morgan fingerprint density at radius 1 is 1.21 bits per heavy atom. The predicted molar refractivity (Wildman–Crippen MR) is 57.2 cm³/mol. The summed E-state index contributed by atoms with van der Waals surface area (Å²) in [6.07, 6.45) is 7.53. The van der Waals surface area contributed by atoms with Gasteiger partial charge >= 0.3 is 0 Å². The lowest BCUT2D eigenvalue weighted by Crippen LogP contribution is -2.33. The molecule has 0 radical (unpaired) electrons. The molecule has 2 aliphatic rings. The van der Waals surface area contributed by atoms with Gasteiger partial charge in [-0.05, 0) is 25.2 Å². The van der Waals surface area contributed by atoms with Gasteiger partial charge in [0.1, 0.15) is 5.78 Å². The van der Waals surface area contributed by atoms with Crippen LogP contribution in [0.4, 0.5) is 0 Å². The van der Waals surface area contributed by atoms with Gasteiger partial charge in [0.25, 0.3) is 0 Å². The van der Waals surface area contributed by atoms with Crippen molar-refractivity contribution in [2.45, 2.75) is 51.5 Å². The number of hydrogen-bond donors (Lipinski definition) is 0. The number of nitrogens with zero attached hydrogens (tertiary/aromatic N) is 1. The third-order valence-corrected chi connectivity index (χ3v) is 3.80. The molecular formula is C12H21NO. The maximum absolute atomic E-state index is 11.2. The zero-order valence-electron chi connectivity index (χ0n) is 9.17. The molecule has 1 heterocycles. The van der Waals surface area contributed by atoms with Crippen molar-refractivity contribution in [3.8, 4) is 0 Å². The van der Waals surface area contributed by atoms with Gasteiger partial charge in [0.2, 0.25) is 0 Å². The molecule has 0 spiro atoms. The van der Waals surface area contributed by atoms with Crippen molar-refractivity contribution < 1.29 is 4.79 Å². The molecule has 14 heavy (non-hydrogen) atoms. The molecule has 2 rings (SSSR count). The second-order valence-corrected chi connectivity index (χ2v) is 5.03. The quantitative estimate of drug-likeness (QED) is 0.598. The van der Waals surface area contributed by atoms with Crippen molar-refractivity contribution in [3.05, 3.63) is 0 Å². The first-order valence-corrected chi connectivity index (χ1v) is 6.01. The van der Waals surface area contributed by atoms with Crippen LogP contribution in [0.25, 0.3) is 0 Å². The molecule has 0 aromatic heterocycles. The Kier molecular flexibility index (Phi) is 3.22. The third kappa shape index (κ3) is 2.35. The van der Waals surface area contributed by atoms with E-state index in [0.29, 0.717) is 11.8 Å². The van der Waals surface area contributed by atoms with Crippen molar-refractivity contribution in [3.63, 3.8) is 0 Å². The molecule has 2 unspecified atom stereocenters. The Bertz CT molecular complexity index is 214. The molecule has 1 aliphatic carbocycles. The number of ketones is 1. The first-order valence-electron chi connectivity index (χ1n) is 6.01. The molecule has 1 aliphatic heterocycles. The Balaban J connectivity index is 1.87. The standard InChI is InChI=1S/C12H21NO/c1-10-3-2-4-11(6-5-10)13-8-7-12(14)9-13/h10-11H,2-9H2,1H3. The fourth-order valence-electron chi connectivity index (χ4n) is 2.80. The molecule has 0 amide bonds. The molecule has 2 heteroatoms. The van der Waals surface area contributed by atoms with Crippen molar-refractivity contribution in [1.29, 1.82) is 0 Å². The molecule has 0 aromatic carbocycles. The zero-order chi connectivity index (χ0) is 9.97. The molecular weight excluding hydrogens is 174 g/mol. The first-order chi connectivity index (χ1) is 6.75. The number of carbonyl (C=O) groups excluding carboxylic acids is 1. The van der Waals surface area contributed by atoms with Crippen LogP contribution in [0, 0.1) is 5.92 Å². The summed E-state index contributed by atoms with van der Waals surface area (Å²) < 4.78 is 0. The first kappa shape index (κ1) is 10.2. The van der Waals surface area contributed by atoms with Crippen molar-refractivity contribution in [1.82, 2.24) is 4.90 Å². The average molecular weight is 195 g/mol. The number of likely N-dealkylation sites (tertiary alicyclic amines) is 1. The van der Waals surface area contributed by atoms with E-state index in [9.17, 15) is 4.79 Å². The largest absolute Gasteiger partial charge is 0.298 e. The maximum atomic E-state index is 11.2. The van der Waals surface area contributed by atoms with E-state index >= 15 is 0 Å². The summed E-state index contributed by atoms with van der Waals surface area (Å²) in [7, 11) is 0. The molecule has 0 aromatic rings. The lowest BCUT2D eigenvalue weighted by atomic mass is 10.0. The SMILES string of the molecule is CC1CCCC(N2CCC(=O)C2)CC1. The highest BCUT2D eigenvalue weighted by molar-refractivity contribution is 5.82. The lowest BCUT2D eigenvalue weighted by Gasteiger charge is -2.25. The van der Waals surface area contributed by atoms with Crippen LogP contribution in [-0.2, 0) is 4.79 Å². The van der Waals surface area contributed by atoms with Crippen LogP contribution in [0.5, 0.6) is 0 Å². The zero-order valence-corrected chi connectivity index (χ0v) is 9.17. The summed E-state index contributed by atoms with van der Waals surface area (Å²) in [4.78, 5) is 13.6. The Morgan fingerprint density at radius 3 is 2.79 bits per heavy atom. The fourth-order valence-corrected chi connectivity index (χ4v) is 2.80. The van der Waals surface area contributed by atoms with E-state index < -0.39 is 0 Å². The fraction of sp³-hybridized carbons (Fsp3) is 0.917. The van der Waals surface area contributed by atoms with E-state index in [1.165, 1.54) is 32.1 Å². The molecule has 80 valence electrons. The maximum Gasteiger partial charge on any atom is 0.148 e. The van der Waals surface area contributed by atoms with E-state index in [1.54, 1.807) is 0 Å². The van der Waals surface area contributed by atoms with E-state index in [2.05, 4.69) is 11.8 Å². The summed E-state index contributed by atoms with van der Waals surface area (Å²) >= 11 is 0.